The summed E-state index contributed by atoms with van der Waals surface area (Å²) in [5, 5.41) is 2.08. The third-order valence-corrected chi connectivity index (χ3v) is 8.37. The van der Waals surface area contributed by atoms with Crippen molar-refractivity contribution in [1.82, 2.24) is 4.57 Å². The molecule has 2 amide bonds. The van der Waals surface area contributed by atoms with Gasteiger partial charge in [-0.25, -0.2) is 9.74 Å². The van der Waals surface area contributed by atoms with Gasteiger partial charge in [0, 0.05) is 21.9 Å². The predicted molar refractivity (Wildman–Crippen MR) is 175 cm³/mol. The van der Waals surface area contributed by atoms with Crippen LogP contribution in [0, 0.1) is 6.57 Å². The second kappa shape index (κ2) is 9.94. The molecule has 44 heavy (non-hydrogen) atoms. The molecule has 1 aromatic heterocycles. The summed E-state index contributed by atoms with van der Waals surface area (Å²) in [6, 6.07) is 44.7. The number of nitrogens with zero attached hydrogens (tertiary/aromatic N) is 3. The number of hydrogen-bond donors (Lipinski definition) is 0. The Bertz CT molecular complexity index is 2330. The van der Waals surface area contributed by atoms with Gasteiger partial charge in [-0.3, -0.25) is 9.59 Å². The lowest BCUT2D eigenvalue weighted by atomic mass is 10.0. The maximum atomic E-state index is 14.5. The molecule has 0 saturated heterocycles. The first-order valence-electron chi connectivity index (χ1n) is 14.3. The minimum atomic E-state index is -0.353. The maximum Gasteiger partial charge on any atom is 0.268 e. The predicted octanol–water partition coefficient (Wildman–Crippen LogP) is 9.47. The summed E-state index contributed by atoms with van der Waals surface area (Å²) in [4.78, 5) is 33.4. The Morgan fingerprint density at radius 2 is 1.11 bits per heavy atom. The lowest BCUT2D eigenvalue weighted by Crippen LogP contribution is -2.30. The molecular formula is C39H23N3O2. The molecule has 6 aromatic carbocycles. The van der Waals surface area contributed by atoms with Gasteiger partial charge in [-0.2, -0.15) is 0 Å². The van der Waals surface area contributed by atoms with Crippen molar-refractivity contribution in [2.45, 2.75) is 0 Å². The number of hydrogen-bond acceptors (Lipinski definition) is 2. The lowest BCUT2D eigenvalue weighted by Gasteiger charge is -2.19. The summed E-state index contributed by atoms with van der Waals surface area (Å²) in [7, 11) is 0. The van der Waals surface area contributed by atoms with E-state index in [1.54, 1.807) is 6.07 Å². The molecule has 5 heteroatoms. The van der Waals surface area contributed by atoms with Gasteiger partial charge in [-0.1, -0.05) is 115 Å². The average Bonchev–Trinajstić information content (AvgIpc) is 3.56. The molecule has 0 bridgehead atoms. The normalized spacial score (nSPS) is 12.6. The van der Waals surface area contributed by atoms with E-state index < -0.39 is 0 Å². The van der Waals surface area contributed by atoms with E-state index in [0.717, 1.165) is 44.1 Å². The van der Waals surface area contributed by atoms with Crippen LogP contribution in [0.15, 0.2) is 140 Å². The highest BCUT2D eigenvalue weighted by atomic mass is 16.2. The first-order valence-corrected chi connectivity index (χ1v) is 14.3. The molecule has 8 rings (SSSR count). The summed E-state index contributed by atoms with van der Waals surface area (Å²) in [6.07, 6.45) is 0. The van der Waals surface area contributed by atoms with Crippen LogP contribution in [-0.4, -0.2) is 16.4 Å². The fraction of sp³-hybridized carbons (Fsp3) is 0. The van der Waals surface area contributed by atoms with Crippen molar-refractivity contribution >= 4 is 45.0 Å². The molecule has 0 radical (unpaired) electrons. The molecule has 0 N–H and O–H groups in total. The highest BCUT2D eigenvalue weighted by molar-refractivity contribution is 6.36. The molecule has 1 aliphatic heterocycles. The molecule has 0 spiro atoms. The number of carbonyl (C=O) groups excluding carboxylic acids is 2. The zero-order valence-electron chi connectivity index (χ0n) is 23.4. The minimum Gasteiger partial charge on any atom is -0.308 e. The van der Waals surface area contributed by atoms with Gasteiger partial charge in [0.25, 0.3) is 11.8 Å². The Labute approximate surface area is 253 Å². The van der Waals surface area contributed by atoms with Crippen LogP contribution in [0.5, 0.6) is 0 Å². The first kappa shape index (κ1) is 25.5. The van der Waals surface area contributed by atoms with Crippen molar-refractivity contribution in [2.75, 3.05) is 4.90 Å². The van der Waals surface area contributed by atoms with Crippen LogP contribution in [0.1, 0.15) is 20.7 Å². The second-order valence-electron chi connectivity index (χ2n) is 10.7. The summed E-state index contributed by atoms with van der Waals surface area (Å²) in [5.41, 5.74) is 8.06. The Balaban J connectivity index is 1.38. The van der Waals surface area contributed by atoms with Gasteiger partial charge in [0.1, 0.15) is 0 Å². The molecule has 0 saturated carbocycles. The monoisotopic (exact) mass is 565 g/mol. The SMILES string of the molecule is [C-]#[N+]c1ccc(-c2cccc3c4ccccc4n(-c4cccc5c4C(=O)N(c4ccccc4-c4ccccc4)C5=O)c23)cc1. The number of amides is 2. The number of imide groups is 1. The van der Waals surface area contributed by atoms with Gasteiger partial charge in [0.15, 0.2) is 5.69 Å². The lowest BCUT2D eigenvalue weighted by molar-refractivity contribution is 0.0926. The van der Waals surface area contributed by atoms with E-state index in [1.165, 1.54) is 4.90 Å². The largest absolute Gasteiger partial charge is 0.308 e. The van der Waals surface area contributed by atoms with Crippen LogP contribution in [0.2, 0.25) is 0 Å². The Morgan fingerprint density at radius 3 is 1.93 bits per heavy atom. The van der Waals surface area contributed by atoms with Gasteiger partial charge in [-0.05, 0) is 35.4 Å². The molecule has 5 nitrogen and oxygen atoms in total. The number of carbonyl (C=O) groups is 2. The van der Waals surface area contributed by atoms with Crippen molar-refractivity contribution in [3.63, 3.8) is 0 Å². The maximum absolute atomic E-state index is 14.5. The van der Waals surface area contributed by atoms with Gasteiger partial charge in [0.2, 0.25) is 0 Å². The van der Waals surface area contributed by atoms with Gasteiger partial charge in [-0.15, -0.1) is 0 Å². The van der Waals surface area contributed by atoms with Crippen LogP contribution < -0.4 is 4.90 Å². The standard InChI is InChI=1S/C39H23N3O2/c1-40-27-23-21-26(22-24-27)29-15-9-16-31-30-14-6-8-19-34(30)41(37(29)31)35-20-10-17-32-36(35)39(44)42(38(32)43)33-18-7-5-13-28(33)25-11-3-2-4-12-25/h2-24H. The molecule has 0 atom stereocenters. The van der Waals surface area contributed by atoms with Crippen LogP contribution in [0.3, 0.4) is 0 Å². The molecular weight excluding hydrogens is 542 g/mol. The number of rotatable bonds is 4. The Hall–Kier alpha value is -6.25. The third kappa shape index (κ3) is 3.72. The molecule has 2 heterocycles. The summed E-state index contributed by atoms with van der Waals surface area (Å²) >= 11 is 0. The van der Waals surface area contributed by atoms with Crippen LogP contribution >= 0.6 is 0 Å². The highest BCUT2D eigenvalue weighted by Gasteiger charge is 2.40. The zero-order chi connectivity index (χ0) is 29.8. The van der Waals surface area contributed by atoms with Crippen molar-refractivity contribution < 1.29 is 9.59 Å². The Morgan fingerprint density at radius 1 is 0.500 bits per heavy atom. The van der Waals surface area contributed by atoms with E-state index in [4.69, 9.17) is 6.57 Å². The van der Waals surface area contributed by atoms with E-state index in [2.05, 4.69) is 27.6 Å². The van der Waals surface area contributed by atoms with Crippen molar-refractivity contribution in [2.24, 2.45) is 0 Å². The van der Waals surface area contributed by atoms with Crippen molar-refractivity contribution in [1.29, 1.82) is 0 Å². The number of benzene rings is 6. The number of aromatic nitrogens is 1. The zero-order valence-corrected chi connectivity index (χ0v) is 23.4. The third-order valence-electron chi connectivity index (χ3n) is 8.37. The first-order chi connectivity index (χ1) is 21.7. The van der Waals surface area contributed by atoms with Gasteiger partial charge >= 0.3 is 0 Å². The highest BCUT2D eigenvalue weighted by Crippen LogP contribution is 2.42. The van der Waals surface area contributed by atoms with E-state index in [0.29, 0.717) is 28.2 Å². The average molecular weight is 566 g/mol. The van der Waals surface area contributed by atoms with E-state index in [1.807, 2.05) is 115 Å². The number of anilines is 1. The molecule has 0 unspecified atom stereocenters. The molecule has 206 valence electrons. The Kier molecular flexibility index (Phi) is 5.75. The molecule has 1 aliphatic rings. The van der Waals surface area contributed by atoms with E-state index in [-0.39, 0.29) is 11.8 Å². The summed E-state index contributed by atoms with van der Waals surface area (Å²) < 4.78 is 2.11. The smallest absolute Gasteiger partial charge is 0.268 e. The topological polar surface area (TPSA) is 46.7 Å². The summed E-state index contributed by atoms with van der Waals surface area (Å²) in [5.74, 6) is -0.695. The quantitative estimate of drug-likeness (QED) is 0.158. The van der Waals surface area contributed by atoms with Crippen LogP contribution in [0.4, 0.5) is 11.4 Å². The van der Waals surface area contributed by atoms with Crippen molar-refractivity contribution in [3.8, 4) is 27.9 Å². The molecule has 0 fully saturated rings. The van der Waals surface area contributed by atoms with E-state index >= 15 is 0 Å². The van der Waals surface area contributed by atoms with Gasteiger partial charge < -0.3 is 4.57 Å². The van der Waals surface area contributed by atoms with Crippen LogP contribution in [-0.2, 0) is 0 Å². The number of para-hydroxylation sites is 3. The van der Waals surface area contributed by atoms with Crippen LogP contribution in [0.25, 0.3) is 54.6 Å². The van der Waals surface area contributed by atoms with Crippen molar-refractivity contribution in [3.05, 3.63) is 162 Å². The molecule has 7 aromatic rings. The van der Waals surface area contributed by atoms with E-state index in [9.17, 15) is 9.59 Å². The molecule has 0 aliphatic carbocycles. The minimum absolute atomic E-state index is 0.342. The second-order valence-corrected chi connectivity index (χ2v) is 10.7. The summed E-state index contributed by atoms with van der Waals surface area (Å²) in [6.45, 7) is 7.37. The van der Waals surface area contributed by atoms with Gasteiger partial charge in [0.05, 0.1) is 40.1 Å². The fourth-order valence-corrected chi connectivity index (χ4v) is 6.42. The number of fused-ring (bicyclic) bond motifs is 4. The fourth-order valence-electron chi connectivity index (χ4n) is 6.42.